The van der Waals surface area contributed by atoms with Crippen molar-refractivity contribution in [3.8, 4) is 0 Å². The second kappa shape index (κ2) is 7.84. The molecular weight excluding hydrogens is 312 g/mol. The van der Waals surface area contributed by atoms with Crippen molar-refractivity contribution in [1.82, 2.24) is 5.32 Å². The lowest BCUT2D eigenvalue weighted by molar-refractivity contribution is -0.139. The summed E-state index contributed by atoms with van der Waals surface area (Å²) in [5.41, 5.74) is 7.10. The Balaban J connectivity index is 2.01. The molecule has 0 aromatic heterocycles. The predicted octanol–water partition coefficient (Wildman–Crippen LogP) is 1.29. The highest BCUT2D eigenvalue weighted by Gasteiger charge is 2.27. The highest BCUT2D eigenvalue weighted by atomic mass is 16.5. The number of rotatable bonds is 6. The number of nitrogens with zero attached hydrogens (tertiary/aromatic N) is 1. The number of benzene rings is 2. The molecule has 0 aliphatic carbocycles. The van der Waals surface area contributed by atoms with E-state index in [2.05, 4.69) is 5.32 Å². The van der Waals surface area contributed by atoms with Gasteiger partial charge < -0.3 is 15.6 Å². The number of aliphatic carboxylic acids is 1. The molecular formula is C16H18N4O4. The minimum absolute atomic E-state index is 0.0110. The monoisotopic (exact) mass is 330 g/mol. The van der Waals surface area contributed by atoms with Crippen LogP contribution in [0.4, 0.5) is 16.2 Å². The molecule has 2 aromatic carbocycles. The average Bonchev–Trinajstić information content (AvgIpc) is 2.58. The summed E-state index contributed by atoms with van der Waals surface area (Å²) >= 11 is 0. The number of amides is 1. The second-order valence-electron chi connectivity index (χ2n) is 4.91. The van der Waals surface area contributed by atoms with E-state index < -0.39 is 18.2 Å². The summed E-state index contributed by atoms with van der Waals surface area (Å²) in [7, 11) is 0. The van der Waals surface area contributed by atoms with Crippen LogP contribution in [0.3, 0.4) is 0 Å². The number of hydrogen-bond acceptors (Lipinski definition) is 6. The molecule has 126 valence electrons. The third-order valence-electron chi connectivity index (χ3n) is 3.19. The minimum Gasteiger partial charge on any atom is -0.478 e. The molecule has 2 aromatic rings. The van der Waals surface area contributed by atoms with E-state index in [1.165, 1.54) is 0 Å². The summed E-state index contributed by atoms with van der Waals surface area (Å²) in [6, 6.07) is 15.4. The molecule has 0 bridgehead atoms. The lowest BCUT2D eigenvalue weighted by Crippen LogP contribution is -2.56. The van der Waals surface area contributed by atoms with Gasteiger partial charge in [0.1, 0.15) is 6.61 Å². The topological polar surface area (TPSA) is 131 Å². The van der Waals surface area contributed by atoms with Crippen molar-refractivity contribution >= 4 is 23.4 Å². The summed E-state index contributed by atoms with van der Waals surface area (Å²) < 4.78 is 5.00. The van der Waals surface area contributed by atoms with E-state index in [4.69, 9.17) is 16.3 Å². The zero-order valence-corrected chi connectivity index (χ0v) is 12.8. The lowest BCUT2D eigenvalue weighted by atomic mass is 10.2. The number of carbonyl (C=O) groups is 2. The van der Waals surface area contributed by atoms with E-state index in [9.17, 15) is 14.7 Å². The number of carboxylic acids is 1. The molecule has 8 nitrogen and oxygen atoms in total. The number of nitrogens with two attached hydrogens (primary N) is 2. The Labute approximate surface area is 138 Å². The molecule has 1 amide bonds. The van der Waals surface area contributed by atoms with Gasteiger partial charge in [-0.1, -0.05) is 42.5 Å². The van der Waals surface area contributed by atoms with Gasteiger partial charge in [-0.2, -0.15) is 0 Å². The van der Waals surface area contributed by atoms with Crippen molar-refractivity contribution < 1.29 is 19.4 Å². The fourth-order valence-corrected chi connectivity index (χ4v) is 1.99. The SMILES string of the molecule is Nc1ccccc1N(N)C(NC(=O)OCc1ccccc1)C(=O)O. The third-order valence-corrected chi connectivity index (χ3v) is 3.19. The van der Waals surface area contributed by atoms with E-state index in [-0.39, 0.29) is 18.0 Å². The standard InChI is InChI=1S/C16H18N4O4/c17-12-8-4-5-9-13(12)20(18)14(15(21)22)19-16(23)24-10-11-6-2-1-3-7-11/h1-9,14H,10,17-18H2,(H,19,23)(H,21,22). The Kier molecular flexibility index (Phi) is 5.58. The van der Waals surface area contributed by atoms with Crippen molar-refractivity contribution in [3.63, 3.8) is 0 Å². The fraction of sp³-hybridized carbons (Fsp3) is 0.125. The second-order valence-corrected chi connectivity index (χ2v) is 4.91. The zero-order valence-electron chi connectivity index (χ0n) is 12.8. The van der Waals surface area contributed by atoms with Crippen LogP contribution in [0, 0.1) is 0 Å². The molecule has 0 aliphatic rings. The number of nitrogen functional groups attached to an aromatic ring is 1. The van der Waals surface area contributed by atoms with Crippen molar-refractivity contribution in [2.45, 2.75) is 12.8 Å². The van der Waals surface area contributed by atoms with Gasteiger partial charge in [0.05, 0.1) is 11.4 Å². The van der Waals surface area contributed by atoms with Gasteiger partial charge >= 0.3 is 12.1 Å². The van der Waals surface area contributed by atoms with E-state index in [0.29, 0.717) is 0 Å². The van der Waals surface area contributed by atoms with Gasteiger partial charge in [-0.25, -0.2) is 15.4 Å². The quantitative estimate of drug-likeness (QED) is 0.271. The van der Waals surface area contributed by atoms with Crippen LogP contribution in [0.2, 0.25) is 0 Å². The highest BCUT2D eigenvalue weighted by Crippen LogP contribution is 2.21. The summed E-state index contributed by atoms with van der Waals surface area (Å²) in [6.45, 7) is 0.0110. The first-order valence-electron chi connectivity index (χ1n) is 7.07. The van der Waals surface area contributed by atoms with E-state index in [1.54, 1.807) is 48.5 Å². The van der Waals surface area contributed by atoms with Crippen molar-refractivity contribution in [1.29, 1.82) is 0 Å². The molecule has 0 aliphatic heterocycles. The first-order valence-corrected chi connectivity index (χ1v) is 7.07. The number of alkyl carbamates (subject to hydrolysis) is 1. The molecule has 2 rings (SSSR count). The summed E-state index contributed by atoms with van der Waals surface area (Å²) in [6.07, 6.45) is -2.44. The maximum Gasteiger partial charge on any atom is 0.409 e. The van der Waals surface area contributed by atoms with Crippen LogP contribution in [0.25, 0.3) is 0 Å². The summed E-state index contributed by atoms with van der Waals surface area (Å²) in [5.74, 6) is 4.45. The Bertz CT molecular complexity index is 708. The zero-order chi connectivity index (χ0) is 17.5. The van der Waals surface area contributed by atoms with Gasteiger partial charge in [0.25, 0.3) is 0 Å². The number of hydrogen-bond donors (Lipinski definition) is 4. The van der Waals surface area contributed by atoms with Gasteiger partial charge in [0.2, 0.25) is 6.17 Å². The Morgan fingerprint density at radius 3 is 2.38 bits per heavy atom. The maximum absolute atomic E-state index is 11.8. The summed E-state index contributed by atoms with van der Waals surface area (Å²) in [5, 5.41) is 12.4. The van der Waals surface area contributed by atoms with Crippen molar-refractivity contribution in [3.05, 3.63) is 60.2 Å². The van der Waals surface area contributed by atoms with Gasteiger partial charge in [-0.3, -0.25) is 10.3 Å². The van der Waals surface area contributed by atoms with Crippen LogP contribution in [-0.2, 0) is 16.1 Å². The number of ether oxygens (including phenoxy) is 1. The Morgan fingerprint density at radius 2 is 1.75 bits per heavy atom. The molecule has 0 fully saturated rings. The molecule has 0 heterocycles. The molecule has 0 saturated carbocycles. The van der Waals surface area contributed by atoms with Crippen LogP contribution < -0.4 is 21.9 Å². The lowest BCUT2D eigenvalue weighted by Gasteiger charge is -2.27. The Morgan fingerprint density at radius 1 is 1.12 bits per heavy atom. The maximum atomic E-state index is 11.8. The smallest absolute Gasteiger partial charge is 0.409 e. The fourth-order valence-electron chi connectivity index (χ4n) is 1.99. The van der Waals surface area contributed by atoms with Gasteiger partial charge in [-0.05, 0) is 17.7 Å². The molecule has 1 unspecified atom stereocenters. The number of nitrogens with one attached hydrogen (secondary N) is 1. The van der Waals surface area contributed by atoms with E-state index in [0.717, 1.165) is 10.6 Å². The van der Waals surface area contributed by atoms with Crippen LogP contribution in [0.5, 0.6) is 0 Å². The van der Waals surface area contributed by atoms with Gasteiger partial charge in [0, 0.05) is 0 Å². The van der Waals surface area contributed by atoms with Crippen molar-refractivity contribution in [2.24, 2.45) is 5.84 Å². The molecule has 0 spiro atoms. The molecule has 0 saturated heterocycles. The number of carboxylic acid groups (broad SMARTS) is 1. The minimum atomic E-state index is -1.53. The van der Waals surface area contributed by atoms with Crippen LogP contribution in [0.15, 0.2) is 54.6 Å². The van der Waals surface area contributed by atoms with Gasteiger partial charge in [0.15, 0.2) is 0 Å². The predicted molar refractivity (Wildman–Crippen MR) is 88.7 cm³/mol. The third kappa shape index (κ3) is 4.37. The normalized spacial score (nSPS) is 11.4. The van der Waals surface area contributed by atoms with Crippen LogP contribution in [-0.4, -0.2) is 23.3 Å². The number of para-hydroxylation sites is 2. The number of carbonyl (C=O) groups excluding carboxylic acids is 1. The van der Waals surface area contributed by atoms with Crippen LogP contribution >= 0.6 is 0 Å². The molecule has 1 atom stereocenters. The average molecular weight is 330 g/mol. The van der Waals surface area contributed by atoms with Crippen LogP contribution in [0.1, 0.15) is 5.56 Å². The summed E-state index contributed by atoms with van der Waals surface area (Å²) in [4.78, 5) is 23.2. The number of anilines is 2. The highest BCUT2D eigenvalue weighted by molar-refractivity contribution is 5.84. The molecule has 8 heteroatoms. The van der Waals surface area contributed by atoms with Gasteiger partial charge in [-0.15, -0.1) is 0 Å². The molecule has 24 heavy (non-hydrogen) atoms. The van der Waals surface area contributed by atoms with E-state index >= 15 is 0 Å². The molecule has 6 N–H and O–H groups in total. The molecule has 0 radical (unpaired) electrons. The Hall–Kier alpha value is -3.26. The first kappa shape index (κ1) is 17.1. The van der Waals surface area contributed by atoms with E-state index in [1.807, 2.05) is 6.07 Å². The van der Waals surface area contributed by atoms with Crippen molar-refractivity contribution in [2.75, 3.05) is 10.7 Å². The first-order chi connectivity index (χ1) is 11.5. The largest absolute Gasteiger partial charge is 0.478 e. The number of hydrazine groups is 1.